The van der Waals surface area contributed by atoms with Crippen LogP contribution in [0, 0.1) is 20.8 Å². The zero-order chi connectivity index (χ0) is 15.2. The van der Waals surface area contributed by atoms with Gasteiger partial charge in [-0.3, -0.25) is 0 Å². The Bertz CT molecular complexity index is 585. The van der Waals surface area contributed by atoms with Gasteiger partial charge in [-0.15, -0.1) is 0 Å². The van der Waals surface area contributed by atoms with E-state index in [4.69, 9.17) is 4.74 Å². The van der Waals surface area contributed by atoms with Gasteiger partial charge in [0.15, 0.2) is 0 Å². The first-order chi connectivity index (χ1) is 10.1. The molecule has 2 aromatic rings. The van der Waals surface area contributed by atoms with E-state index in [-0.39, 0.29) is 0 Å². The molecule has 0 fully saturated rings. The second-order valence-corrected chi connectivity index (χ2v) is 5.36. The number of hydrogen-bond donors (Lipinski definition) is 2. The highest BCUT2D eigenvalue weighted by molar-refractivity contribution is 5.58. The topological polar surface area (TPSA) is 33.3 Å². The molecule has 0 atom stereocenters. The quantitative estimate of drug-likeness (QED) is 0.782. The molecule has 0 heterocycles. The summed E-state index contributed by atoms with van der Waals surface area (Å²) in [6.07, 6.45) is 0. The van der Waals surface area contributed by atoms with E-state index in [9.17, 15) is 0 Å². The number of methoxy groups -OCH3 is 1. The number of rotatable bonds is 6. The molecule has 0 aliphatic heterocycles. The van der Waals surface area contributed by atoms with Gasteiger partial charge in [-0.25, -0.2) is 0 Å². The van der Waals surface area contributed by atoms with Gasteiger partial charge in [-0.1, -0.05) is 23.8 Å². The molecule has 2 aromatic carbocycles. The molecule has 0 aliphatic rings. The fourth-order valence-electron chi connectivity index (χ4n) is 2.59. The molecule has 0 amide bonds. The molecule has 2 rings (SSSR count). The Labute approximate surface area is 127 Å². The van der Waals surface area contributed by atoms with Crippen LogP contribution in [0.5, 0.6) is 5.75 Å². The van der Waals surface area contributed by atoms with Crippen LogP contribution in [-0.4, -0.2) is 20.2 Å². The average molecular weight is 284 g/mol. The van der Waals surface area contributed by atoms with Gasteiger partial charge in [0.2, 0.25) is 0 Å². The van der Waals surface area contributed by atoms with Crippen molar-refractivity contribution in [3.05, 3.63) is 53.1 Å². The van der Waals surface area contributed by atoms with Crippen LogP contribution < -0.4 is 15.4 Å². The molecule has 0 unspecified atom stereocenters. The first-order valence-electron chi connectivity index (χ1n) is 7.30. The molecule has 0 aromatic heterocycles. The van der Waals surface area contributed by atoms with Gasteiger partial charge in [-0.05, 0) is 44.0 Å². The van der Waals surface area contributed by atoms with Crippen LogP contribution >= 0.6 is 0 Å². The Hall–Kier alpha value is -2.16. The Balaban J connectivity index is 1.87. The monoisotopic (exact) mass is 284 g/mol. The third kappa shape index (κ3) is 4.15. The standard InChI is InChI=1S/C18H24N2O/c1-13-10-14(2)18(15(3)11-13)20-9-8-19-16-6-5-7-17(12-16)21-4/h5-7,10-12,19-20H,8-9H2,1-4H3. The predicted octanol–water partition coefficient (Wildman–Crippen LogP) is 4.14. The molecule has 2 N–H and O–H groups in total. The minimum Gasteiger partial charge on any atom is -0.497 e. The van der Waals surface area contributed by atoms with E-state index in [0.717, 1.165) is 24.5 Å². The normalized spacial score (nSPS) is 10.3. The lowest BCUT2D eigenvalue weighted by molar-refractivity contribution is 0.415. The van der Waals surface area contributed by atoms with Crippen LogP contribution in [0.2, 0.25) is 0 Å². The second-order valence-electron chi connectivity index (χ2n) is 5.36. The number of anilines is 2. The average Bonchev–Trinajstić information content (AvgIpc) is 2.45. The van der Waals surface area contributed by atoms with E-state index in [0.29, 0.717) is 0 Å². The summed E-state index contributed by atoms with van der Waals surface area (Å²) >= 11 is 0. The Morgan fingerprint density at radius 3 is 2.24 bits per heavy atom. The third-order valence-corrected chi connectivity index (χ3v) is 3.50. The van der Waals surface area contributed by atoms with E-state index in [1.54, 1.807) is 7.11 Å². The SMILES string of the molecule is COc1cccc(NCCNc2c(C)cc(C)cc2C)c1. The summed E-state index contributed by atoms with van der Waals surface area (Å²) in [7, 11) is 1.68. The molecule has 3 heteroatoms. The summed E-state index contributed by atoms with van der Waals surface area (Å²) in [5.74, 6) is 0.873. The van der Waals surface area contributed by atoms with Crippen molar-refractivity contribution in [2.75, 3.05) is 30.8 Å². The van der Waals surface area contributed by atoms with Crippen molar-refractivity contribution in [1.82, 2.24) is 0 Å². The molecular formula is C18H24N2O. The Morgan fingerprint density at radius 1 is 0.905 bits per heavy atom. The maximum Gasteiger partial charge on any atom is 0.120 e. The molecule has 0 aliphatic carbocycles. The van der Waals surface area contributed by atoms with Crippen LogP contribution in [0.3, 0.4) is 0 Å². The number of ether oxygens (including phenoxy) is 1. The van der Waals surface area contributed by atoms with E-state index in [1.807, 2.05) is 24.3 Å². The maximum absolute atomic E-state index is 5.22. The fourth-order valence-corrected chi connectivity index (χ4v) is 2.59. The summed E-state index contributed by atoms with van der Waals surface area (Å²) < 4.78 is 5.22. The summed E-state index contributed by atoms with van der Waals surface area (Å²) in [5, 5.41) is 6.91. The summed E-state index contributed by atoms with van der Waals surface area (Å²) in [4.78, 5) is 0. The molecule has 0 bridgehead atoms. The van der Waals surface area contributed by atoms with Gasteiger partial charge >= 0.3 is 0 Å². The lowest BCUT2D eigenvalue weighted by Gasteiger charge is -2.14. The van der Waals surface area contributed by atoms with Crippen LogP contribution in [0.25, 0.3) is 0 Å². The summed E-state index contributed by atoms with van der Waals surface area (Å²) in [5.41, 5.74) is 6.23. The van der Waals surface area contributed by atoms with Gasteiger partial charge < -0.3 is 15.4 Å². The van der Waals surface area contributed by atoms with Crippen LogP contribution in [0.15, 0.2) is 36.4 Å². The molecule has 0 saturated heterocycles. The smallest absolute Gasteiger partial charge is 0.120 e. The van der Waals surface area contributed by atoms with Gasteiger partial charge in [0.1, 0.15) is 5.75 Å². The lowest BCUT2D eigenvalue weighted by atomic mass is 10.1. The maximum atomic E-state index is 5.22. The predicted molar refractivity (Wildman–Crippen MR) is 90.6 cm³/mol. The molecule has 112 valence electrons. The van der Waals surface area contributed by atoms with Crippen molar-refractivity contribution in [1.29, 1.82) is 0 Å². The van der Waals surface area contributed by atoms with Crippen molar-refractivity contribution in [3.8, 4) is 5.75 Å². The van der Waals surface area contributed by atoms with Gasteiger partial charge in [-0.2, -0.15) is 0 Å². The highest BCUT2D eigenvalue weighted by atomic mass is 16.5. The van der Waals surface area contributed by atoms with Crippen molar-refractivity contribution >= 4 is 11.4 Å². The zero-order valence-electron chi connectivity index (χ0n) is 13.3. The molecule has 0 spiro atoms. The van der Waals surface area contributed by atoms with Crippen LogP contribution in [0.4, 0.5) is 11.4 Å². The summed E-state index contributed by atoms with van der Waals surface area (Å²) in [6, 6.07) is 12.4. The lowest BCUT2D eigenvalue weighted by Crippen LogP contribution is -2.15. The molecule has 0 saturated carbocycles. The fraction of sp³-hybridized carbons (Fsp3) is 0.333. The molecule has 3 nitrogen and oxygen atoms in total. The van der Waals surface area contributed by atoms with Crippen molar-refractivity contribution in [3.63, 3.8) is 0 Å². The summed E-state index contributed by atoms with van der Waals surface area (Å²) in [6.45, 7) is 8.17. The van der Waals surface area contributed by atoms with Gasteiger partial charge in [0.25, 0.3) is 0 Å². The van der Waals surface area contributed by atoms with Crippen LogP contribution in [-0.2, 0) is 0 Å². The number of hydrogen-bond acceptors (Lipinski definition) is 3. The van der Waals surface area contributed by atoms with E-state index in [1.165, 1.54) is 22.4 Å². The Morgan fingerprint density at radius 2 is 1.57 bits per heavy atom. The molecule has 0 radical (unpaired) electrons. The van der Waals surface area contributed by atoms with Gasteiger partial charge in [0, 0.05) is 30.5 Å². The second kappa shape index (κ2) is 7.02. The van der Waals surface area contributed by atoms with Crippen LogP contribution in [0.1, 0.15) is 16.7 Å². The van der Waals surface area contributed by atoms with E-state index >= 15 is 0 Å². The van der Waals surface area contributed by atoms with E-state index in [2.05, 4.69) is 43.5 Å². The van der Waals surface area contributed by atoms with Gasteiger partial charge in [0.05, 0.1) is 7.11 Å². The first-order valence-corrected chi connectivity index (χ1v) is 7.30. The highest BCUT2D eigenvalue weighted by Gasteiger charge is 2.02. The minimum atomic E-state index is 0.861. The number of aryl methyl sites for hydroxylation is 3. The third-order valence-electron chi connectivity index (χ3n) is 3.50. The minimum absolute atomic E-state index is 0.861. The Kier molecular flexibility index (Phi) is 5.09. The van der Waals surface area contributed by atoms with E-state index < -0.39 is 0 Å². The van der Waals surface area contributed by atoms with Crippen molar-refractivity contribution in [2.24, 2.45) is 0 Å². The zero-order valence-corrected chi connectivity index (χ0v) is 13.3. The largest absolute Gasteiger partial charge is 0.497 e. The number of benzene rings is 2. The molecular weight excluding hydrogens is 260 g/mol. The van der Waals surface area contributed by atoms with Crippen molar-refractivity contribution in [2.45, 2.75) is 20.8 Å². The highest BCUT2D eigenvalue weighted by Crippen LogP contribution is 2.21. The number of nitrogens with one attached hydrogen (secondary N) is 2. The van der Waals surface area contributed by atoms with Crippen molar-refractivity contribution < 1.29 is 4.74 Å². The molecule has 21 heavy (non-hydrogen) atoms. The first kappa shape index (κ1) is 15.2.